The van der Waals surface area contributed by atoms with Gasteiger partial charge in [0.25, 0.3) is 0 Å². The second-order valence-corrected chi connectivity index (χ2v) is 11.3. The van der Waals surface area contributed by atoms with Crippen LogP contribution >= 0.6 is 7.26 Å². The summed E-state index contributed by atoms with van der Waals surface area (Å²) in [4.78, 5) is 13.0. The van der Waals surface area contributed by atoms with Crippen LogP contribution in [-0.2, 0) is 4.74 Å². The number of carbonyl (C=O) groups is 1. The van der Waals surface area contributed by atoms with Gasteiger partial charge in [0, 0.05) is 0 Å². The van der Waals surface area contributed by atoms with Crippen molar-refractivity contribution < 1.29 is 33.5 Å². The van der Waals surface area contributed by atoms with Crippen molar-refractivity contribution in [2.45, 2.75) is 95.3 Å². The standard InChI is InChI=1S/C18H34O2P.HI/c1-3-4-15-20-18(19)21(2,16-11-7-5-8-12-16)17-13-9-6-10-14-17;/h16-17H,3-15H2,1-2H3;1H/q+1;/p-1. The van der Waals surface area contributed by atoms with Gasteiger partial charge in [-0.2, -0.15) is 0 Å². The third-order valence-corrected chi connectivity index (χ3v) is 10.8. The molecule has 4 heteroatoms. The van der Waals surface area contributed by atoms with Gasteiger partial charge in [0.05, 0.1) is 24.6 Å². The predicted octanol–water partition coefficient (Wildman–Crippen LogP) is 3.24. The molecule has 0 aromatic carbocycles. The summed E-state index contributed by atoms with van der Waals surface area (Å²) in [5.74, 6) is 0. The van der Waals surface area contributed by atoms with Crippen LogP contribution in [0.15, 0.2) is 0 Å². The summed E-state index contributed by atoms with van der Waals surface area (Å²) < 4.78 is 5.76. The van der Waals surface area contributed by atoms with Crippen LogP contribution in [0, 0.1) is 0 Å². The van der Waals surface area contributed by atoms with E-state index in [1.54, 1.807) is 0 Å². The molecule has 2 aliphatic rings. The largest absolute Gasteiger partial charge is 1.00 e. The van der Waals surface area contributed by atoms with Crippen molar-refractivity contribution >= 4 is 13.0 Å². The fourth-order valence-corrected chi connectivity index (χ4v) is 8.71. The lowest BCUT2D eigenvalue weighted by atomic mass is 9.99. The fourth-order valence-electron chi connectivity index (χ4n) is 4.27. The normalized spacial score (nSPS) is 21.2. The number of hydrogen-bond acceptors (Lipinski definition) is 2. The minimum atomic E-state index is -1.61. The Labute approximate surface area is 154 Å². The van der Waals surface area contributed by atoms with Gasteiger partial charge in [-0.3, -0.25) is 0 Å². The maximum absolute atomic E-state index is 13.0. The molecular weight excluding hydrogens is 406 g/mol. The van der Waals surface area contributed by atoms with E-state index in [0.29, 0.717) is 17.9 Å². The predicted molar refractivity (Wildman–Crippen MR) is 92.8 cm³/mol. The van der Waals surface area contributed by atoms with Crippen LogP contribution in [0.25, 0.3) is 0 Å². The molecular formula is C18H34IO2P. The van der Waals surface area contributed by atoms with E-state index in [-0.39, 0.29) is 29.7 Å². The first-order chi connectivity index (χ1) is 10.2. The Hall–Kier alpha value is 0.630. The first-order valence-electron chi connectivity index (χ1n) is 9.22. The molecule has 0 saturated heterocycles. The molecule has 2 nitrogen and oxygen atoms in total. The average molecular weight is 440 g/mol. The van der Waals surface area contributed by atoms with E-state index in [9.17, 15) is 4.79 Å². The molecule has 130 valence electrons. The summed E-state index contributed by atoms with van der Waals surface area (Å²) in [6, 6.07) is 0. The number of halogens is 1. The van der Waals surface area contributed by atoms with E-state index in [1.165, 1.54) is 64.2 Å². The summed E-state index contributed by atoms with van der Waals surface area (Å²) in [5, 5.41) is 0. The van der Waals surface area contributed by atoms with Crippen molar-refractivity contribution in [1.82, 2.24) is 0 Å². The molecule has 0 aromatic heterocycles. The zero-order valence-corrected chi connectivity index (χ0v) is 17.5. The van der Waals surface area contributed by atoms with Crippen LogP contribution in [-0.4, -0.2) is 30.3 Å². The molecule has 0 radical (unpaired) electrons. The summed E-state index contributed by atoms with van der Waals surface area (Å²) in [6.45, 7) is 5.15. The lowest BCUT2D eigenvalue weighted by Crippen LogP contribution is -3.00. The number of rotatable bonds is 6. The Bertz CT molecular complexity index is 305. The van der Waals surface area contributed by atoms with Gasteiger partial charge in [-0.1, -0.05) is 26.2 Å². The lowest BCUT2D eigenvalue weighted by molar-refractivity contribution is -0.00000929. The highest BCUT2D eigenvalue weighted by atomic mass is 127. The maximum Gasteiger partial charge on any atom is 0.450 e. The quantitative estimate of drug-likeness (QED) is 0.360. The van der Waals surface area contributed by atoms with Crippen molar-refractivity contribution in [3.8, 4) is 0 Å². The van der Waals surface area contributed by atoms with Gasteiger partial charge in [0.1, 0.15) is 7.26 Å². The van der Waals surface area contributed by atoms with E-state index in [2.05, 4.69) is 13.6 Å². The molecule has 0 unspecified atom stereocenters. The second-order valence-electron chi connectivity index (χ2n) is 7.20. The average Bonchev–Trinajstić information content (AvgIpc) is 2.56. The Morgan fingerprint density at radius 2 is 1.41 bits per heavy atom. The highest BCUT2D eigenvalue weighted by Crippen LogP contribution is 2.70. The molecule has 0 atom stereocenters. The van der Waals surface area contributed by atoms with Crippen LogP contribution in [0.4, 0.5) is 4.79 Å². The minimum absolute atomic E-state index is 0. The van der Waals surface area contributed by atoms with Gasteiger partial charge in [-0.05, 0) is 57.8 Å². The highest BCUT2D eigenvalue weighted by Gasteiger charge is 2.56. The SMILES string of the molecule is CCCCOC(=O)[P+](C)(C1CCCCC1)C1CCCCC1.[I-]. The van der Waals surface area contributed by atoms with Crippen molar-refractivity contribution in [2.24, 2.45) is 0 Å². The second kappa shape index (κ2) is 10.5. The van der Waals surface area contributed by atoms with E-state index >= 15 is 0 Å². The Balaban J connectivity index is 0.00000242. The van der Waals surface area contributed by atoms with Gasteiger partial charge >= 0.3 is 5.71 Å². The third kappa shape index (κ3) is 5.06. The van der Waals surface area contributed by atoms with Gasteiger partial charge in [0.15, 0.2) is 0 Å². The molecule has 2 rings (SSSR count). The first kappa shape index (κ1) is 20.7. The Kier molecular flexibility index (Phi) is 9.85. The number of carbonyl (C=O) groups excluding carboxylic acids is 1. The summed E-state index contributed by atoms with van der Waals surface area (Å²) in [7, 11) is -1.61. The minimum Gasteiger partial charge on any atom is -1.00 e. The van der Waals surface area contributed by atoms with E-state index in [4.69, 9.17) is 4.74 Å². The fraction of sp³-hybridized carbons (Fsp3) is 0.944. The van der Waals surface area contributed by atoms with Crippen molar-refractivity contribution in [3.05, 3.63) is 0 Å². The molecule has 0 amide bonds. The van der Waals surface area contributed by atoms with Crippen molar-refractivity contribution in [3.63, 3.8) is 0 Å². The van der Waals surface area contributed by atoms with Crippen LogP contribution in [0.2, 0.25) is 0 Å². The van der Waals surface area contributed by atoms with Gasteiger partial charge in [0.2, 0.25) is 0 Å². The van der Waals surface area contributed by atoms with Crippen LogP contribution in [0.1, 0.15) is 84.0 Å². The summed E-state index contributed by atoms with van der Waals surface area (Å²) >= 11 is 0. The molecule has 0 aromatic rings. The molecule has 2 fully saturated rings. The summed E-state index contributed by atoms with van der Waals surface area (Å²) in [6.07, 6.45) is 15.3. The van der Waals surface area contributed by atoms with E-state index in [0.717, 1.165) is 12.8 Å². The number of hydrogen-bond donors (Lipinski definition) is 0. The smallest absolute Gasteiger partial charge is 0.450 e. The third-order valence-electron chi connectivity index (χ3n) is 5.78. The first-order valence-corrected chi connectivity index (χ1v) is 11.6. The molecule has 22 heavy (non-hydrogen) atoms. The van der Waals surface area contributed by atoms with Crippen LogP contribution < -0.4 is 24.0 Å². The summed E-state index contributed by atoms with van der Waals surface area (Å²) in [5.41, 5.74) is 1.57. The monoisotopic (exact) mass is 440 g/mol. The molecule has 0 heterocycles. The zero-order chi connectivity index (χ0) is 15.1. The number of unbranched alkanes of at least 4 members (excludes halogenated alkanes) is 1. The topological polar surface area (TPSA) is 26.3 Å². The number of ether oxygens (including phenoxy) is 1. The van der Waals surface area contributed by atoms with Gasteiger partial charge in [-0.25, -0.2) is 4.79 Å². The van der Waals surface area contributed by atoms with E-state index < -0.39 is 7.26 Å². The Morgan fingerprint density at radius 3 is 1.82 bits per heavy atom. The van der Waals surface area contributed by atoms with Crippen molar-refractivity contribution in [2.75, 3.05) is 13.3 Å². The van der Waals surface area contributed by atoms with Gasteiger partial charge < -0.3 is 28.7 Å². The lowest BCUT2D eigenvalue weighted by Gasteiger charge is -2.38. The molecule has 0 spiro atoms. The molecule has 2 saturated carbocycles. The molecule has 0 bridgehead atoms. The maximum atomic E-state index is 13.0. The molecule has 2 aliphatic carbocycles. The zero-order valence-electron chi connectivity index (χ0n) is 14.5. The Morgan fingerprint density at radius 1 is 0.955 bits per heavy atom. The van der Waals surface area contributed by atoms with Crippen LogP contribution in [0.3, 0.4) is 0 Å². The van der Waals surface area contributed by atoms with Crippen molar-refractivity contribution in [1.29, 1.82) is 0 Å². The van der Waals surface area contributed by atoms with Gasteiger partial charge in [-0.15, -0.1) is 0 Å². The molecule has 0 N–H and O–H groups in total. The molecule has 0 aliphatic heterocycles. The highest BCUT2D eigenvalue weighted by molar-refractivity contribution is 7.91. The van der Waals surface area contributed by atoms with E-state index in [1.807, 2.05) is 0 Å². The van der Waals surface area contributed by atoms with Crippen LogP contribution in [0.5, 0.6) is 0 Å².